The van der Waals surface area contributed by atoms with Crippen molar-refractivity contribution in [2.75, 3.05) is 38.5 Å². The smallest absolute Gasteiger partial charge is 0.0508 e. The Balaban J connectivity index is 2.49. The fraction of sp³-hybridized carbons (Fsp3) is 0.600. The van der Waals surface area contributed by atoms with Gasteiger partial charge in [-0.2, -0.15) is 0 Å². The van der Waals surface area contributed by atoms with Crippen LogP contribution < -0.4 is 11.1 Å². The molecule has 0 amide bonds. The second-order valence-corrected chi connectivity index (χ2v) is 8.00. The number of hydrogen-bond donors (Lipinski definition) is 3. The summed E-state index contributed by atoms with van der Waals surface area (Å²) in [7, 11) is 0. The van der Waals surface area contributed by atoms with Crippen LogP contribution in [0.3, 0.4) is 0 Å². The molecule has 118 valence electrons. The van der Waals surface area contributed by atoms with Gasteiger partial charge in [0.1, 0.15) is 0 Å². The SMILES string of the molecule is CC(C)(CO)[C@H](c1cc(Br)cc(Br)c1N)N1CCNCC1. The van der Waals surface area contributed by atoms with E-state index in [1.807, 2.05) is 6.07 Å². The first kappa shape index (κ1) is 17.2. The molecule has 4 N–H and O–H groups in total. The molecule has 0 bridgehead atoms. The minimum absolute atomic E-state index is 0.0819. The van der Waals surface area contributed by atoms with Crippen LogP contribution in [0.25, 0.3) is 0 Å². The zero-order valence-electron chi connectivity index (χ0n) is 12.5. The van der Waals surface area contributed by atoms with Gasteiger partial charge in [0.05, 0.1) is 5.69 Å². The Bertz CT molecular complexity index is 502. The molecule has 1 aromatic rings. The molecule has 0 radical (unpaired) electrons. The standard InChI is InChI=1S/C15H23Br2N3O/c1-15(2,9-21)14(20-5-3-19-4-6-20)11-7-10(16)8-12(17)13(11)18/h7-8,14,19,21H,3-6,9,18H2,1-2H3/t14-/m0/s1. The summed E-state index contributed by atoms with van der Waals surface area (Å²) in [4.78, 5) is 2.41. The molecule has 1 aliphatic rings. The Labute approximate surface area is 143 Å². The number of aliphatic hydroxyl groups is 1. The number of benzene rings is 1. The second-order valence-electron chi connectivity index (χ2n) is 6.23. The zero-order valence-corrected chi connectivity index (χ0v) is 15.7. The number of aliphatic hydroxyl groups excluding tert-OH is 1. The lowest BCUT2D eigenvalue weighted by atomic mass is 9.79. The average Bonchev–Trinajstić information content (AvgIpc) is 2.45. The highest BCUT2D eigenvalue weighted by Gasteiger charge is 2.37. The van der Waals surface area contributed by atoms with Crippen molar-refractivity contribution in [3.8, 4) is 0 Å². The topological polar surface area (TPSA) is 61.5 Å². The monoisotopic (exact) mass is 419 g/mol. The van der Waals surface area contributed by atoms with Gasteiger partial charge in [-0.3, -0.25) is 4.90 Å². The fourth-order valence-electron chi connectivity index (χ4n) is 2.97. The number of piperazine rings is 1. The maximum Gasteiger partial charge on any atom is 0.0508 e. The van der Waals surface area contributed by atoms with Gasteiger partial charge in [-0.25, -0.2) is 0 Å². The van der Waals surface area contributed by atoms with E-state index in [1.165, 1.54) is 0 Å². The van der Waals surface area contributed by atoms with Gasteiger partial charge >= 0.3 is 0 Å². The molecule has 21 heavy (non-hydrogen) atoms. The Morgan fingerprint density at radius 2 is 1.95 bits per heavy atom. The predicted octanol–water partition coefficient (Wildman–Crippen LogP) is 2.76. The van der Waals surface area contributed by atoms with Crippen molar-refractivity contribution >= 4 is 37.5 Å². The van der Waals surface area contributed by atoms with Gasteiger partial charge in [0.2, 0.25) is 0 Å². The van der Waals surface area contributed by atoms with E-state index in [-0.39, 0.29) is 18.1 Å². The van der Waals surface area contributed by atoms with Crippen LogP contribution in [0, 0.1) is 5.41 Å². The van der Waals surface area contributed by atoms with E-state index in [0.717, 1.165) is 46.4 Å². The molecule has 1 saturated heterocycles. The summed E-state index contributed by atoms with van der Waals surface area (Å²) >= 11 is 7.08. The minimum Gasteiger partial charge on any atom is -0.398 e. The molecule has 4 nitrogen and oxygen atoms in total. The van der Waals surface area contributed by atoms with Crippen molar-refractivity contribution in [3.05, 3.63) is 26.6 Å². The summed E-state index contributed by atoms with van der Waals surface area (Å²) in [5.41, 5.74) is 7.87. The van der Waals surface area contributed by atoms with Crippen LogP contribution in [0.1, 0.15) is 25.5 Å². The quantitative estimate of drug-likeness (QED) is 0.655. The third kappa shape index (κ3) is 3.79. The normalized spacial score (nSPS) is 18.7. The Hall–Kier alpha value is -0.140. The highest BCUT2D eigenvalue weighted by Crippen LogP contribution is 2.43. The van der Waals surface area contributed by atoms with Crippen LogP contribution in [-0.4, -0.2) is 42.8 Å². The summed E-state index contributed by atoms with van der Waals surface area (Å²) in [5.74, 6) is 0. The maximum atomic E-state index is 9.88. The molecule has 1 aromatic carbocycles. The highest BCUT2D eigenvalue weighted by atomic mass is 79.9. The third-order valence-electron chi connectivity index (χ3n) is 4.09. The predicted molar refractivity (Wildman–Crippen MR) is 94.3 cm³/mol. The van der Waals surface area contributed by atoms with Gasteiger partial charge in [0.15, 0.2) is 0 Å². The number of halogens is 2. The number of hydrogen-bond acceptors (Lipinski definition) is 4. The third-order valence-corrected chi connectivity index (χ3v) is 5.20. The van der Waals surface area contributed by atoms with Crippen molar-refractivity contribution in [3.63, 3.8) is 0 Å². The van der Waals surface area contributed by atoms with E-state index in [9.17, 15) is 5.11 Å². The summed E-state index contributed by atoms with van der Waals surface area (Å²) in [6.45, 7) is 8.14. The van der Waals surface area contributed by atoms with Gasteiger partial charge in [-0.05, 0) is 33.6 Å². The Kier molecular flexibility index (Phi) is 5.71. The Morgan fingerprint density at radius 3 is 2.52 bits per heavy atom. The van der Waals surface area contributed by atoms with E-state index < -0.39 is 0 Å². The van der Waals surface area contributed by atoms with Gasteiger partial charge in [-0.15, -0.1) is 0 Å². The molecule has 1 aliphatic heterocycles. The number of anilines is 1. The first-order valence-corrected chi connectivity index (χ1v) is 8.75. The van der Waals surface area contributed by atoms with Gasteiger partial charge in [-0.1, -0.05) is 29.8 Å². The van der Waals surface area contributed by atoms with Crippen LogP contribution in [0.15, 0.2) is 21.1 Å². The first-order valence-electron chi connectivity index (χ1n) is 7.17. The molecule has 1 heterocycles. The minimum atomic E-state index is -0.272. The molecule has 0 aromatic heterocycles. The van der Waals surface area contributed by atoms with Crippen LogP contribution >= 0.6 is 31.9 Å². The lowest BCUT2D eigenvalue weighted by molar-refractivity contribution is 0.0308. The molecule has 0 saturated carbocycles. The average molecular weight is 421 g/mol. The lowest BCUT2D eigenvalue weighted by Gasteiger charge is -2.44. The highest BCUT2D eigenvalue weighted by molar-refractivity contribution is 9.11. The number of rotatable bonds is 4. The summed E-state index contributed by atoms with van der Waals surface area (Å²) in [6.07, 6.45) is 0. The van der Waals surface area contributed by atoms with Crippen molar-refractivity contribution in [1.29, 1.82) is 0 Å². The van der Waals surface area contributed by atoms with Gasteiger partial charge in [0, 0.05) is 53.2 Å². The Morgan fingerprint density at radius 1 is 1.33 bits per heavy atom. The molecular formula is C15H23Br2N3O. The van der Waals surface area contributed by atoms with E-state index in [1.54, 1.807) is 0 Å². The summed E-state index contributed by atoms with van der Waals surface area (Å²) in [6, 6.07) is 4.11. The summed E-state index contributed by atoms with van der Waals surface area (Å²) in [5, 5.41) is 13.3. The van der Waals surface area contributed by atoms with E-state index in [4.69, 9.17) is 5.73 Å². The van der Waals surface area contributed by atoms with Crippen LogP contribution in [-0.2, 0) is 0 Å². The van der Waals surface area contributed by atoms with Gasteiger partial charge in [0.25, 0.3) is 0 Å². The van der Waals surface area contributed by atoms with E-state index >= 15 is 0 Å². The molecular weight excluding hydrogens is 398 g/mol. The molecule has 0 unspecified atom stereocenters. The number of nitrogens with two attached hydrogens (primary N) is 1. The van der Waals surface area contributed by atoms with Crippen molar-refractivity contribution in [2.24, 2.45) is 5.41 Å². The fourth-order valence-corrected chi connectivity index (χ4v) is 4.23. The first-order chi connectivity index (χ1) is 9.86. The number of nitrogen functional groups attached to an aromatic ring is 1. The van der Waals surface area contributed by atoms with Gasteiger partial charge < -0.3 is 16.2 Å². The molecule has 1 fully saturated rings. The molecule has 1 atom stereocenters. The van der Waals surface area contributed by atoms with Crippen LogP contribution in [0.4, 0.5) is 5.69 Å². The molecule has 2 rings (SSSR count). The molecule has 0 spiro atoms. The van der Waals surface area contributed by atoms with Crippen molar-refractivity contribution in [2.45, 2.75) is 19.9 Å². The van der Waals surface area contributed by atoms with Crippen molar-refractivity contribution < 1.29 is 5.11 Å². The van der Waals surface area contributed by atoms with E-state index in [0.29, 0.717) is 0 Å². The number of nitrogens with zero attached hydrogens (tertiary/aromatic N) is 1. The number of nitrogens with one attached hydrogen (secondary N) is 1. The zero-order chi connectivity index (χ0) is 15.6. The second kappa shape index (κ2) is 6.96. The maximum absolute atomic E-state index is 9.88. The van der Waals surface area contributed by atoms with Crippen molar-refractivity contribution in [1.82, 2.24) is 10.2 Å². The lowest BCUT2D eigenvalue weighted by Crippen LogP contribution is -2.49. The van der Waals surface area contributed by atoms with Crippen LogP contribution in [0.2, 0.25) is 0 Å². The van der Waals surface area contributed by atoms with E-state index in [2.05, 4.69) is 62.0 Å². The largest absolute Gasteiger partial charge is 0.398 e. The molecule has 6 heteroatoms. The molecule has 0 aliphatic carbocycles. The summed E-state index contributed by atoms with van der Waals surface area (Å²) < 4.78 is 1.88. The van der Waals surface area contributed by atoms with Crippen LogP contribution in [0.5, 0.6) is 0 Å².